The minimum Gasteiger partial charge on any atom is -0.395 e. The molecule has 3 rings (SSSR count). The van der Waals surface area contributed by atoms with E-state index in [-0.39, 0.29) is 12.6 Å². The monoisotopic (exact) mass is 338 g/mol. The third-order valence-corrected chi connectivity index (χ3v) is 4.83. The molecule has 1 aliphatic heterocycles. The topological polar surface area (TPSA) is 44.5 Å². The molecular formula is C17H24F2N4O. The van der Waals surface area contributed by atoms with Crippen molar-refractivity contribution in [2.75, 3.05) is 32.8 Å². The first-order valence-corrected chi connectivity index (χ1v) is 8.45. The van der Waals surface area contributed by atoms with Gasteiger partial charge in [-0.2, -0.15) is 8.78 Å². The zero-order valence-corrected chi connectivity index (χ0v) is 13.9. The summed E-state index contributed by atoms with van der Waals surface area (Å²) in [5.41, 5.74) is 1.09. The predicted octanol–water partition coefficient (Wildman–Crippen LogP) is 2.32. The lowest BCUT2D eigenvalue weighted by atomic mass is 10.1. The van der Waals surface area contributed by atoms with E-state index < -0.39 is 6.55 Å². The molecule has 1 unspecified atom stereocenters. The zero-order chi connectivity index (χ0) is 17.1. The quantitative estimate of drug-likeness (QED) is 0.878. The summed E-state index contributed by atoms with van der Waals surface area (Å²) >= 11 is 0. The molecule has 7 heteroatoms. The van der Waals surface area contributed by atoms with Gasteiger partial charge in [0.2, 0.25) is 0 Å². The summed E-state index contributed by atoms with van der Waals surface area (Å²) < 4.78 is 28.0. The first-order valence-electron chi connectivity index (χ1n) is 8.45. The van der Waals surface area contributed by atoms with Crippen molar-refractivity contribution in [2.24, 2.45) is 0 Å². The molecule has 24 heavy (non-hydrogen) atoms. The van der Waals surface area contributed by atoms with Gasteiger partial charge in [0.15, 0.2) is 0 Å². The fourth-order valence-corrected chi connectivity index (χ4v) is 3.41. The standard InChI is InChI=1S/C17H24F2N4O/c1-2-13(12-24)22-9-7-21(8-10-22)11-16-20-14-5-3-4-6-15(14)23(16)17(18)19/h3-6,13,17,24H,2,7-12H2,1H3. The lowest BCUT2D eigenvalue weighted by molar-refractivity contribution is 0.0501. The molecule has 0 amide bonds. The van der Waals surface area contributed by atoms with Gasteiger partial charge in [0, 0.05) is 32.2 Å². The highest BCUT2D eigenvalue weighted by molar-refractivity contribution is 5.75. The number of aliphatic hydroxyl groups is 1. The molecule has 1 aromatic heterocycles. The molecule has 1 aromatic carbocycles. The fraction of sp³-hybridized carbons (Fsp3) is 0.588. The van der Waals surface area contributed by atoms with Gasteiger partial charge in [-0.05, 0) is 18.6 Å². The SMILES string of the molecule is CCC(CO)N1CCN(Cc2nc3ccccc3n2C(F)F)CC1. The van der Waals surface area contributed by atoms with Gasteiger partial charge in [0.25, 0.3) is 0 Å². The molecule has 1 N–H and O–H groups in total. The van der Waals surface area contributed by atoms with Crippen molar-refractivity contribution in [3.05, 3.63) is 30.1 Å². The summed E-state index contributed by atoms with van der Waals surface area (Å²) in [7, 11) is 0. The normalized spacial score (nSPS) is 18.5. The molecule has 0 saturated carbocycles. The smallest absolute Gasteiger partial charge is 0.320 e. The number of imidazole rings is 1. The van der Waals surface area contributed by atoms with Crippen molar-refractivity contribution in [2.45, 2.75) is 32.5 Å². The Bertz CT molecular complexity index is 664. The van der Waals surface area contributed by atoms with E-state index in [4.69, 9.17) is 0 Å². The van der Waals surface area contributed by atoms with E-state index >= 15 is 0 Å². The summed E-state index contributed by atoms with van der Waals surface area (Å²) in [6, 6.07) is 7.21. The van der Waals surface area contributed by atoms with Crippen LogP contribution in [0.15, 0.2) is 24.3 Å². The number of hydrogen-bond donors (Lipinski definition) is 1. The largest absolute Gasteiger partial charge is 0.395 e. The fourth-order valence-electron chi connectivity index (χ4n) is 3.41. The van der Waals surface area contributed by atoms with Gasteiger partial charge >= 0.3 is 6.55 Å². The maximum Gasteiger partial charge on any atom is 0.320 e. The van der Waals surface area contributed by atoms with Gasteiger partial charge in [0.05, 0.1) is 24.2 Å². The van der Waals surface area contributed by atoms with Crippen LogP contribution in [0.25, 0.3) is 11.0 Å². The van der Waals surface area contributed by atoms with Crippen molar-refractivity contribution < 1.29 is 13.9 Å². The van der Waals surface area contributed by atoms with Crippen LogP contribution in [-0.2, 0) is 6.54 Å². The Morgan fingerprint density at radius 1 is 1.17 bits per heavy atom. The van der Waals surface area contributed by atoms with Crippen LogP contribution >= 0.6 is 0 Å². The van der Waals surface area contributed by atoms with Gasteiger partial charge in [-0.3, -0.25) is 14.4 Å². The number of hydrogen-bond acceptors (Lipinski definition) is 4. The summed E-state index contributed by atoms with van der Waals surface area (Å²) in [4.78, 5) is 8.83. The highest BCUT2D eigenvalue weighted by atomic mass is 19.3. The molecule has 1 saturated heterocycles. The van der Waals surface area contributed by atoms with E-state index in [9.17, 15) is 13.9 Å². The van der Waals surface area contributed by atoms with E-state index in [0.717, 1.165) is 37.2 Å². The molecule has 0 aliphatic carbocycles. The van der Waals surface area contributed by atoms with Crippen molar-refractivity contribution in [1.82, 2.24) is 19.4 Å². The first-order chi connectivity index (χ1) is 11.6. The molecule has 2 aromatic rings. The third-order valence-electron chi connectivity index (χ3n) is 4.83. The molecule has 2 heterocycles. The molecule has 1 atom stereocenters. The van der Waals surface area contributed by atoms with Gasteiger partial charge in [-0.25, -0.2) is 4.98 Å². The number of alkyl halides is 2. The Morgan fingerprint density at radius 2 is 1.88 bits per heavy atom. The van der Waals surface area contributed by atoms with Crippen LogP contribution in [0.3, 0.4) is 0 Å². The van der Waals surface area contributed by atoms with Crippen LogP contribution in [0.2, 0.25) is 0 Å². The van der Waals surface area contributed by atoms with Crippen LogP contribution in [0, 0.1) is 0 Å². The molecule has 1 aliphatic rings. The summed E-state index contributed by atoms with van der Waals surface area (Å²) in [5, 5.41) is 9.41. The number of aliphatic hydroxyl groups excluding tert-OH is 1. The maximum atomic E-state index is 13.5. The predicted molar refractivity (Wildman–Crippen MR) is 89.0 cm³/mol. The number of fused-ring (bicyclic) bond motifs is 1. The van der Waals surface area contributed by atoms with E-state index in [0.29, 0.717) is 23.4 Å². The molecule has 5 nitrogen and oxygen atoms in total. The van der Waals surface area contributed by atoms with Gasteiger partial charge in [-0.15, -0.1) is 0 Å². The Balaban J connectivity index is 1.71. The van der Waals surface area contributed by atoms with E-state index in [1.807, 2.05) is 6.07 Å². The van der Waals surface area contributed by atoms with Crippen LogP contribution in [-0.4, -0.2) is 63.3 Å². The first kappa shape index (κ1) is 17.3. The van der Waals surface area contributed by atoms with Crippen molar-refractivity contribution >= 4 is 11.0 Å². The van der Waals surface area contributed by atoms with Gasteiger partial charge in [-0.1, -0.05) is 19.1 Å². The number of piperazine rings is 1. The van der Waals surface area contributed by atoms with Crippen LogP contribution in [0.5, 0.6) is 0 Å². The summed E-state index contributed by atoms with van der Waals surface area (Å²) in [6.07, 6.45) is 0.914. The van der Waals surface area contributed by atoms with E-state index in [2.05, 4.69) is 21.7 Å². The second-order valence-electron chi connectivity index (χ2n) is 6.22. The number of aromatic nitrogens is 2. The second-order valence-corrected chi connectivity index (χ2v) is 6.22. The van der Waals surface area contributed by atoms with Crippen LogP contribution in [0.4, 0.5) is 8.78 Å². The Morgan fingerprint density at radius 3 is 2.50 bits per heavy atom. The molecule has 132 valence electrons. The Kier molecular flexibility index (Phi) is 5.43. The number of para-hydroxylation sites is 2. The minimum atomic E-state index is -2.59. The molecule has 0 bridgehead atoms. The van der Waals surface area contributed by atoms with Crippen molar-refractivity contribution in [3.8, 4) is 0 Å². The van der Waals surface area contributed by atoms with Crippen molar-refractivity contribution in [3.63, 3.8) is 0 Å². The maximum absolute atomic E-state index is 13.5. The number of rotatable bonds is 6. The molecular weight excluding hydrogens is 314 g/mol. The Hall–Kier alpha value is -1.57. The van der Waals surface area contributed by atoms with Gasteiger partial charge < -0.3 is 5.11 Å². The number of nitrogens with zero attached hydrogens (tertiary/aromatic N) is 4. The summed E-state index contributed by atoms with van der Waals surface area (Å²) in [5.74, 6) is 0.411. The lowest BCUT2D eigenvalue weighted by Gasteiger charge is -2.38. The number of benzene rings is 1. The van der Waals surface area contributed by atoms with Crippen LogP contribution < -0.4 is 0 Å². The van der Waals surface area contributed by atoms with E-state index in [1.165, 1.54) is 0 Å². The average molecular weight is 338 g/mol. The van der Waals surface area contributed by atoms with Gasteiger partial charge in [0.1, 0.15) is 5.82 Å². The highest BCUT2D eigenvalue weighted by Gasteiger charge is 2.25. The Labute approximate surface area is 140 Å². The second kappa shape index (κ2) is 7.55. The van der Waals surface area contributed by atoms with Crippen LogP contribution in [0.1, 0.15) is 25.7 Å². The third kappa shape index (κ3) is 3.43. The number of halogens is 2. The zero-order valence-electron chi connectivity index (χ0n) is 13.9. The van der Waals surface area contributed by atoms with E-state index in [1.54, 1.807) is 18.2 Å². The highest BCUT2D eigenvalue weighted by Crippen LogP contribution is 2.24. The van der Waals surface area contributed by atoms with Crippen molar-refractivity contribution in [1.29, 1.82) is 0 Å². The summed E-state index contributed by atoms with van der Waals surface area (Å²) in [6.45, 7) is 3.33. The molecule has 0 spiro atoms. The minimum absolute atomic E-state index is 0.164. The lowest BCUT2D eigenvalue weighted by Crippen LogP contribution is -2.51. The average Bonchev–Trinajstić information content (AvgIpc) is 2.95. The molecule has 0 radical (unpaired) electrons. The molecule has 1 fully saturated rings.